The Labute approximate surface area is 108 Å². The van der Waals surface area contributed by atoms with Crippen molar-refractivity contribution in [2.24, 2.45) is 0 Å². The van der Waals surface area contributed by atoms with E-state index in [0.717, 1.165) is 19.6 Å². The molecule has 6 heteroatoms. The minimum atomic E-state index is -0.209. The molecule has 0 spiro atoms. The molecule has 6 nitrogen and oxygen atoms in total. The predicted octanol–water partition coefficient (Wildman–Crippen LogP) is 0.439. The van der Waals surface area contributed by atoms with Gasteiger partial charge in [-0.05, 0) is 26.1 Å². The monoisotopic (exact) mass is 251 g/mol. The number of anilines is 1. The molecule has 0 fully saturated rings. The quantitative estimate of drug-likeness (QED) is 0.766. The number of carbonyl (C=O) groups is 1. The van der Waals surface area contributed by atoms with E-state index in [1.54, 1.807) is 13.0 Å². The number of nitrogens with two attached hydrogens (primary N) is 1. The summed E-state index contributed by atoms with van der Waals surface area (Å²) in [4.78, 5) is 21.9. The standard InChI is InChI=1S/C12H21N5O/c1-4-17(5-2)7-6-14-11(18)10-8-9(3)15-12(13)16-10/h8H,4-7H2,1-3H3,(H,14,18)(H2,13,15,16). The molecule has 100 valence electrons. The van der Waals surface area contributed by atoms with Crippen LogP contribution in [0.3, 0.4) is 0 Å². The molecule has 0 aliphatic carbocycles. The number of hydrogen-bond acceptors (Lipinski definition) is 5. The summed E-state index contributed by atoms with van der Waals surface area (Å²) >= 11 is 0. The molecule has 0 radical (unpaired) electrons. The van der Waals surface area contributed by atoms with Crippen LogP contribution in [0.25, 0.3) is 0 Å². The average molecular weight is 251 g/mol. The molecule has 0 aromatic carbocycles. The summed E-state index contributed by atoms with van der Waals surface area (Å²) in [6, 6.07) is 1.63. The second-order valence-electron chi connectivity index (χ2n) is 4.04. The SMILES string of the molecule is CCN(CC)CCNC(=O)c1cc(C)nc(N)n1. The molecule has 1 aromatic rings. The Hall–Kier alpha value is -1.69. The molecule has 0 saturated heterocycles. The van der Waals surface area contributed by atoms with Crippen LogP contribution >= 0.6 is 0 Å². The van der Waals surface area contributed by atoms with Gasteiger partial charge in [0.15, 0.2) is 0 Å². The van der Waals surface area contributed by atoms with E-state index in [9.17, 15) is 4.79 Å². The number of nitrogens with zero attached hydrogens (tertiary/aromatic N) is 3. The molecule has 0 unspecified atom stereocenters. The van der Waals surface area contributed by atoms with E-state index >= 15 is 0 Å². The van der Waals surface area contributed by atoms with Crippen LogP contribution in [0.4, 0.5) is 5.95 Å². The second kappa shape index (κ2) is 6.90. The fourth-order valence-electron chi connectivity index (χ4n) is 1.67. The zero-order valence-corrected chi connectivity index (χ0v) is 11.2. The maximum atomic E-state index is 11.8. The maximum Gasteiger partial charge on any atom is 0.270 e. The Morgan fingerprint density at radius 2 is 2.06 bits per heavy atom. The predicted molar refractivity (Wildman–Crippen MR) is 71.3 cm³/mol. The summed E-state index contributed by atoms with van der Waals surface area (Å²) in [6.07, 6.45) is 0. The van der Waals surface area contributed by atoms with Crippen LogP contribution in [0.5, 0.6) is 0 Å². The van der Waals surface area contributed by atoms with Crippen molar-refractivity contribution >= 4 is 11.9 Å². The summed E-state index contributed by atoms with van der Waals surface area (Å²) in [5, 5.41) is 2.83. The third-order valence-electron chi connectivity index (χ3n) is 2.71. The molecule has 18 heavy (non-hydrogen) atoms. The van der Waals surface area contributed by atoms with Gasteiger partial charge in [0.05, 0.1) is 0 Å². The Morgan fingerprint density at radius 3 is 2.61 bits per heavy atom. The smallest absolute Gasteiger partial charge is 0.270 e. The van der Waals surface area contributed by atoms with Crippen LogP contribution in [-0.2, 0) is 0 Å². The number of nitrogen functional groups attached to an aromatic ring is 1. The number of nitrogens with one attached hydrogen (secondary N) is 1. The van der Waals surface area contributed by atoms with Gasteiger partial charge in [0.25, 0.3) is 5.91 Å². The van der Waals surface area contributed by atoms with Gasteiger partial charge in [0, 0.05) is 18.8 Å². The summed E-state index contributed by atoms with van der Waals surface area (Å²) in [7, 11) is 0. The lowest BCUT2D eigenvalue weighted by Crippen LogP contribution is -2.35. The van der Waals surface area contributed by atoms with Gasteiger partial charge in [-0.1, -0.05) is 13.8 Å². The van der Waals surface area contributed by atoms with E-state index in [0.29, 0.717) is 17.9 Å². The maximum absolute atomic E-state index is 11.8. The van der Waals surface area contributed by atoms with Crippen LogP contribution in [0, 0.1) is 6.92 Å². The minimum absolute atomic E-state index is 0.129. The fraction of sp³-hybridized carbons (Fsp3) is 0.583. The van der Waals surface area contributed by atoms with Crippen molar-refractivity contribution in [2.75, 3.05) is 31.9 Å². The summed E-state index contributed by atoms with van der Waals surface area (Å²) in [5.74, 6) is -0.0803. The fourth-order valence-corrected chi connectivity index (χ4v) is 1.67. The molecule has 0 aliphatic heterocycles. The Morgan fingerprint density at radius 1 is 1.39 bits per heavy atom. The van der Waals surface area contributed by atoms with E-state index in [-0.39, 0.29) is 11.9 Å². The van der Waals surface area contributed by atoms with Gasteiger partial charge < -0.3 is 16.0 Å². The van der Waals surface area contributed by atoms with Gasteiger partial charge >= 0.3 is 0 Å². The normalized spacial score (nSPS) is 10.7. The first-order chi connectivity index (χ1) is 8.56. The van der Waals surface area contributed by atoms with Crippen LogP contribution in [0.1, 0.15) is 30.0 Å². The van der Waals surface area contributed by atoms with Gasteiger partial charge in [-0.2, -0.15) is 0 Å². The Balaban J connectivity index is 2.50. The number of carbonyl (C=O) groups excluding carboxylic acids is 1. The molecule has 3 N–H and O–H groups in total. The Kier molecular flexibility index (Phi) is 5.51. The minimum Gasteiger partial charge on any atom is -0.368 e. The first-order valence-electron chi connectivity index (χ1n) is 6.18. The van der Waals surface area contributed by atoms with Crippen LogP contribution < -0.4 is 11.1 Å². The number of likely N-dealkylation sites (N-methyl/N-ethyl adjacent to an activating group) is 1. The van der Waals surface area contributed by atoms with Crippen molar-refractivity contribution in [3.8, 4) is 0 Å². The van der Waals surface area contributed by atoms with Gasteiger partial charge in [-0.15, -0.1) is 0 Å². The van der Waals surface area contributed by atoms with E-state index in [1.165, 1.54) is 0 Å². The first-order valence-corrected chi connectivity index (χ1v) is 6.18. The van der Waals surface area contributed by atoms with Gasteiger partial charge in [-0.3, -0.25) is 4.79 Å². The highest BCUT2D eigenvalue weighted by Crippen LogP contribution is 2.01. The molecule has 1 heterocycles. The molecule has 0 aliphatic rings. The van der Waals surface area contributed by atoms with Crippen molar-refractivity contribution in [1.29, 1.82) is 0 Å². The van der Waals surface area contributed by atoms with E-state index in [2.05, 4.69) is 34.0 Å². The molecule has 0 saturated carbocycles. The lowest BCUT2D eigenvalue weighted by Gasteiger charge is -2.17. The lowest BCUT2D eigenvalue weighted by atomic mass is 10.3. The van der Waals surface area contributed by atoms with Crippen molar-refractivity contribution in [3.05, 3.63) is 17.5 Å². The zero-order valence-electron chi connectivity index (χ0n) is 11.2. The highest BCUT2D eigenvalue weighted by atomic mass is 16.1. The average Bonchev–Trinajstić information content (AvgIpc) is 2.33. The van der Waals surface area contributed by atoms with E-state index < -0.39 is 0 Å². The van der Waals surface area contributed by atoms with Crippen molar-refractivity contribution in [3.63, 3.8) is 0 Å². The highest BCUT2D eigenvalue weighted by Gasteiger charge is 2.09. The topological polar surface area (TPSA) is 84.1 Å². The number of amides is 1. The van der Waals surface area contributed by atoms with Crippen LogP contribution in [0.15, 0.2) is 6.07 Å². The third kappa shape index (κ3) is 4.29. The largest absolute Gasteiger partial charge is 0.368 e. The molecule has 0 atom stereocenters. The molecule has 1 aromatic heterocycles. The van der Waals surface area contributed by atoms with Crippen molar-refractivity contribution in [2.45, 2.75) is 20.8 Å². The summed E-state index contributed by atoms with van der Waals surface area (Å²) in [5.41, 5.74) is 6.52. The van der Waals surface area contributed by atoms with Crippen molar-refractivity contribution in [1.82, 2.24) is 20.2 Å². The molecular formula is C12H21N5O. The van der Waals surface area contributed by atoms with E-state index in [1.807, 2.05) is 0 Å². The molecule has 0 bridgehead atoms. The second-order valence-corrected chi connectivity index (χ2v) is 4.04. The van der Waals surface area contributed by atoms with E-state index in [4.69, 9.17) is 5.73 Å². The molecule has 1 amide bonds. The lowest BCUT2D eigenvalue weighted by molar-refractivity contribution is 0.0944. The van der Waals surface area contributed by atoms with Gasteiger partial charge in [0.1, 0.15) is 5.69 Å². The zero-order chi connectivity index (χ0) is 13.5. The highest BCUT2D eigenvalue weighted by molar-refractivity contribution is 5.92. The Bertz CT molecular complexity index is 383. The number of aromatic nitrogens is 2. The van der Waals surface area contributed by atoms with Crippen LogP contribution in [0.2, 0.25) is 0 Å². The summed E-state index contributed by atoms with van der Waals surface area (Å²) in [6.45, 7) is 9.37. The van der Waals surface area contributed by atoms with Gasteiger partial charge in [0.2, 0.25) is 5.95 Å². The number of rotatable bonds is 6. The van der Waals surface area contributed by atoms with Gasteiger partial charge in [-0.25, -0.2) is 9.97 Å². The summed E-state index contributed by atoms with van der Waals surface area (Å²) < 4.78 is 0. The molecule has 1 rings (SSSR count). The number of hydrogen-bond donors (Lipinski definition) is 2. The van der Waals surface area contributed by atoms with Crippen LogP contribution in [-0.4, -0.2) is 47.0 Å². The molecular weight excluding hydrogens is 230 g/mol. The van der Waals surface area contributed by atoms with Crippen molar-refractivity contribution < 1.29 is 4.79 Å². The number of aryl methyl sites for hydroxylation is 1. The first kappa shape index (κ1) is 14.4. The third-order valence-corrected chi connectivity index (χ3v) is 2.71.